The maximum Gasteiger partial charge on any atom is -0.00233 e. The zero-order chi connectivity index (χ0) is 7.68. The second kappa shape index (κ2) is 3.14. The summed E-state index contributed by atoms with van der Waals surface area (Å²) in [5, 5.41) is 3.31. The van der Waals surface area contributed by atoms with Crippen LogP contribution >= 0.6 is 0 Å². The third-order valence-electron chi connectivity index (χ3n) is 3.48. The number of fused-ring (bicyclic) bond motifs is 2. The first-order valence-electron chi connectivity index (χ1n) is 5.03. The summed E-state index contributed by atoms with van der Waals surface area (Å²) in [7, 11) is 2.08. The molecule has 11 heavy (non-hydrogen) atoms. The van der Waals surface area contributed by atoms with Crippen molar-refractivity contribution in [3.63, 3.8) is 0 Å². The van der Waals surface area contributed by atoms with Gasteiger partial charge in [0.05, 0.1) is 0 Å². The van der Waals surface area contributed by atoms with Gasteiger partial charge in [0.15, 0.2) is 0 Å². The molecule has 1 N–H and O–H groups in total. The molecule has 0 aromatic rings. The van der Waals surface area contributed by atoms with Crippen molar-refractivity contribution in [2.24, 2.45) is 17.8 Å². The van der Waals surface area contributed by atoms with E-state index in [1.54, 1.807) is 6.42 Å². The highest BCUT2D eigenvalue weighted by atomic mass is 14.8. The molecule has 0 saturated heterocycles. The number of hydrogen-bond acceptors (Lipinski definition) is 1. The number of hydrogen-bond donors (Lipinski definition) is 1. The van der Waals surface area contributed by atoms with Gasteiger partial charge in [-0.3, -0.25) is 0 Å². The highest BCUT2D eigenvalue weighted by molar-refractivity contribution is 4.85. The van der Waals surface area contributed by atoms with Gasteiger partial charge in [0.1, 0.15) is 0 Å². The van der Waals surface area contributed by atoms with Crippen molar-refractivity contribution in [1.29, 1.82) is 0 Å². The van der Waals surface area contributed by atoms with Gasteiger partial charge in [-0.15, -0.1) is 0 Å². The molecule has 2 atom stereocenters. The van der Waals surface area contributed by atoms with E-state index in [0.29, 0.717) is 0 Å². The molecule has 0 aromatic heterocycles. The van der Waals surface area contributed by atoms with Crippen LogP contribution in [-0.4, -0.2) is 13.6 Å². The van der Waals surface area contributed by atoms with Crippen LogP contribution in [0.4, 0.5) is 0 Å². The Morgan fingerprint density at radius 1 is 1.09 bits per heavy atom. The van der Waals surface area contributed by atoms with Crippen molar-refractivity contribution in [2.45, 2.75) is 32.1 Å². The van der Waals surface area contributed by atoms with E-state index in [1.807, 2.05) is 0 Å². The van der Waals surface area contributed by atoms with Crippen LogP contribution < -0.4 is 5.32 Å². The molecule has 2 rings (SSSR count). The lowest BCUT2D eigenvalue weighted by molar-refractivity contribution is 0.257. The Labute approximate surface area is 69.6 Å². The minimum atomic E-state index is 1.01. The second-order valence-electron chi connectivity index (χ2n) is 4.44. The van der Waals surface area contributed by atoms with E-state index in [1.165, 1.54) is 32.2 Å². The molecule has 1 nitrogen and oxygen atoms in total. The molecule has 2 saturated carbocycles. The normalized spacial score (nSPS) is 42.8. The zero-order valence-electron chi connectivity index (χ0n) is 7.47. The lowest BCUT2D eigenvalue weighted by Crippen LogP contribution is -2.25. The van der Waals surface area contributed by atoms with Gasteiger partial charge in [0.2, 0.25) is 0 Å². The summed E-state index contributed by atoms with van der Waals surface area (Å²) < 4.78 is 0. The van der Waals surface area contributed by atoms with Crippen LogP contribution in [0.15, 0.2) is 0 Å². The van der Waals surface area contributed by atoms with E-state index in [-0.39, 0.29) is 0 Å². The Balaban J connectivity index is 1.87. The van der Waals surface area contributed by atoms with Crippen LogP contribution in [0, 0.1) is 17.8 Å². The minimum Gasteiger partial charge on any atom is -0.319 e. The first-order chi connectivity index (χ1) is 5.38. The molecule has 0 heterocycles. The average molecular weight is 153 g/mol. The molecule has 0 aromatic carbocycles. The summed E-state index contributed by atoms with van der Waals surface area (Å²) in [6, 6.07) is 0. The topological polar surface area (TPSA) is 12.0 Å². The van der Waals surface area contributed by atoms with Gasteiger partial charge in [-0.25, -0.2) is 0 Å². The Kier molecular flexibility index (Phi) is 2.17. The maximum atomic E-state index is 3.31. The number of rotatable bonds is 2. The van der Waals surface area contributed by atoms with E-state index in [2.05, 4.69) is 12.4 Å². The fourth-order valence-electron chi connectivity index (χ4n) is 3.10. The summed E-state index contributed by atoms with van der Waals surface area (Å²) in [5.74, 6) is 3.21. The van der Waals surface area contributed by atoms with Crippen molar-refractivity contribution in [1.82, 2.24) is 5.32 Å². The lowest BCUT2D eigenvalue weighted by Gasteiger charge is -2.27. The average Bonchev–Trinajstić information content (AvgIpc) is 2.32. The van der Waals surface area contributed by atoms with Gasteiger partial charge >= 0.3 is 0 Å². The molecule has 0 aliphatic heterocycles. The molecule has 0 radical (unpaired) electrons. The van der Waals surface area contributed by atoms with Gasteiger partial charge in [0.25, 0.3) is 0 Å². The predicted molar refractivity (Wildman–Crippen MR) is 47.5 cm³/mol. The first kappa shape index (κ1) is 7.60. The Bertz CT molecular complexity index is 121. The highest BCUT2D eigenvalue weighted by Gasteiger charge is 2.33. The highest BCUT2D eigenvalue weighted by Crippen LogP contribution is 2.44. The standard InChI is InChI=1S/C10H19N/c1-11-7-10-5-8-2-3-9(4-8)6-10/h8-11H,2-7H2,1H3. The number of nitrogens with one attached hydrogen (secondary N) is 1. The van der Waals surface area contributed by atoms with Crippen LogP contribution in [0.2, 0.25) is 0 Å². The summed E-state index contributed by atoms with van der Waals surface area (Å²) in [6.45, 7) is 1.26. The molecule has 0 spiro atoms. The van der Waals surface area contributed by atoms with Gasteiger partial charge in [0, 0.05) is 0 Å². The Hall–Kier alpha value is -0.0400. The summed E-state index contributed by atoms with van der Waals surface area (Å²) in [6.07, 6.45) is 7.64. The predicted octanol–water partition coefficient (Wildman–Crippen LogP) is 2.03. The lowest BCUT2D eigenvalue weighted by atomic mass is 9.81. The maximum absolute atomic E-state index is 3.31. The molecule has 0 amide bonds. The van der Waals surface area contributed by atoms with Gasteiger partial charge in [-0.1, -0.05) is 12.8 Å². The van der Waals surface area contributed by atoms with Crippen LogP contribution in [0.5, 0.6) is 0 Å². The molecule has 2 unspecified atom stereocenters. The van der Waals surface area contributed by atoms with Gasteiger partial charge < -0.3 is 5.32 Å². The SMILES string of the molecule is CNCC1CC2CCC(C2)C1. The van der Waals surface area contributed by atoms with Crippen molar-refractivity contribution in [3.05, 3.63) is 0 Å². The quantitative estimate of drug-likeness (QED) is 0.640. The molecular formula is C10H19N. The molecule has 64 valence electrons. The smallest absolute Gasteiger partial charge is 0.00233 e. The van der Waals surface area contributed by atoms with E-state index in [9.17, 15) is 0 Å². The molecule has 2 aliphatic rings. The Morgan fingerprint density at radius 2 is 1.73 bits per heavy atom. The first-order valence-corrected chi connectivity index (χ1v) is 5.03. The van der Waals surface area contributed by atoms with Gasteiger partial charge in [-0.05, 0) is 50.6 Å². The molecule has 1 heteroatoms. The van der Waals surface area contributed by atoms with Crippen LogP contribution in [0.25, 0.3) is 0 Å². The largest absolute Gasteiger partial charge is 0.319 e. The van der Waals surface area contributed by atoms with Gasteiger partial charge in [-0.2, -0.15) is 0 Å². The van der Waals surface area contributed by atoms with E-state index >= 15 is 0 Å². The van der Waals surface area contributed by atoms with E-state index < -0.39 is 0 Å². The molecule has 2 aliphatic carbocycles. The van der Waals surface area contributed by atoms with Crippen molar-refractivity contribution < 1.29 is 0 Å². The van der Waals surface area contributed by atoms with E-state index in [0.717, 1.165) is 17.8 Å². The fraction of sp³-hybridized carbons (Fsp3) is 1.00. The molecular weight excluding hydrogens is 134 g/mol. The van der Waals surface area contributed by atoms with Crippen LogP contribution in [-0.2, 0) is 0 Å². The molecule has 2 fully saturated rings. The molecule has 2 bridgehead atoms. The zero-order valence-corrected chi connectivity index (χ0v) is 7.47. The van der Waals surface area contributed by atoms with Crippen molar-refractivity contribution >= 4 is 0 Å². The third-order valence-corrected chi connectivity index (χ3v) is 3.48. The van der Waals surface area contributed by atoms with Crippen LogP contribution in [0.1, 0.15) is 32.1 Å². The van der Waals surface area contributed by atoms with Crippen molar-refractivity contribution in [3.8, 4) is 0 Å². The van der Waals surface area contributed by atoms with Crippen molar-refractivity contribution in [2.75, 3.05) is 13.6 Å². The van der Waals surface area contributed by atoms with E-state index in [4.69, 9.17) is 0 Å². The Morgan fingerprint density at radius 3 is 2.27 bits per heavy atom. The third kappa shape index (κ3) is 1.58. The second-order valence-corrected chi connectivity index (χ2v) is 4.44. The monoisotopic (exact) mass is 153 g/mol. The minimum absolute atomic E-state index is 1.01. The van der Waals surface area contributed by atoms with Crippen LogP contribution in [0.3, 0.4) is 0 Å². The summed E-state index contributed by atoms with van der Waals surface area (Å²) >= 11 is 0. The fourth-order valence-corrected chi connectivity index (χ4v) is 3.10. The summed E-state index contributed by atoms with van der Waals surface area (Å²) in [5.41, 5.74) is 0. The summed E-state index contributed by atoms with van der Waals surface area (Å²) in [4.78, 5) is 0.